The SMILES string of the molecule is CCCCC/C=C\C/C=C\CCCCCCCCCCOCC(COC(=O)CCCCCCC/C=C\CCCCCC)OC(=O)CCCCCCCCCCCCC. The molecule has 0 aliphatic carbocycles. The number of ether oxygens (including phenoxy) is 3. The Labute approximate surface area is 361 Å². The van der Waals surface area contributed by atoms with Crippen LogP contribution in [0.3, 0.4) is 0 Å². The van der Waals surface area contributed by atoms with Gasteiger partial charge in [0.2, 0.25) is 0 Å². The molecule has 58 heavy (non-hydrogen) atoms. The molecule has 1 atom stereocenters. The Hall–Kier alpha value is -1.88. The van der Waals surface area contributed by atoms with Gasteiger partial charge >= 0.3 is 11.9 Å². The third-order valence-corrected chi connectivity index (χ3v) is 11.1. The lowest BCUT2D eigenvalue weighted by Crippen LogP contribution is -2.30. The van der Waals surface area contributed by atoms with Gasteiger partial charge in [0.15, 0.2) is 6.10 Å². The number of carbonyl (C=O) groups excluding carboxylic acids is 2. The zero-order valence-corrected chi connectivity index (χ0v) is 39.1. The Morgan fingerprint density at radius 2 is 0.724 bits per heavy atom. The Kier molecular flexibility index (Phi) is 47.9. The summed E-state index contributed by atoms with van der Waals surface area (Å²) in [6.07, 6.45) is 58.6. The third-order valence-electron chi connectivity index (χ3n) is 11.1. The van der Waals surface area contributed by atoms with Crippen LogP contribution in [-0.4, -0.2) is 37.9 Å². The van der Waals surface area contributed by atoms with Crippen molar-refractivity contribution in [2.24, 2.45) is 0 Å². The molecule has 1 unspecified atom stereocenters. The fraction of sp³-hybridized carbons (Fsp3) is 0.849. The van der Waals surface area contributed by atoms with Crippen molar-refractivity contribution < 1.29 is 23.8 Å². The quantitative estimate of drug-likeness (QED) is 0.0348. The molecule has 5 heteroatoms. The van der Waals surface area contributed by atoms with E-state index in [-0.39, 0.29) is 25.2 Å². The van der Waals surface area contributed by atoms with E-state index in [0.717, 1.165) is 57.8 Å². The monoisotopic (exact) mass is 815 g/mol. The number of unbranched alkanes of at least 4 members (excludes halogenated alkanes) is 30. The molecule has 0 spiro atoms. The molecule has 0 amide bonds. The second-order valence-electron chi connectivity index (χ2n) is 17.1. The topological polar surface area (TPSA) is 61.8 Å². The fourth-order valence-corrected chi connectivity index (χ4v) is 7.30. The first-order valence-corrected chi connectivity index (χ1v) is 25.5. The highest BCUT2D eigenvalue weighted by molar-refractivity contribution is 5.70. The van der Waals surface area contributed by atoms with Gasteiger partial charge in [-0.25, -0.2) is 0 Å². The Morgan fingerprint density at radius 1 is 0.379 bits per heavy atom. The highest BCUT2D eigenvalue weighted by Crippen LogP contribution is 2.15. The summed E-state index contributed by atoms with van der Waals surface area (Å²) in [4.78, 5) is 25.3. The second kappa shape index (κ2) is 49.5. The molecule has 0 radical (unpaired) electrons. The molecular formula is C53H98O5. The second-order valence-corrected chi connectivity index (χ2v) is 17.1. The molecule has 0 heterocycles. The predicted octanol–water partition coefficient (Wildman–Crippen LogP) is 17.0. The van der Waals surface area contributed by atoms with Crippen LogP contribution in [0, 0.1) is 0 Å². The van der Waals surface area contributed by atoms with Crippen LogP contribution in [0.15, 0.2) is 36.5 Å². The lowest BCUT2D eigenvalue weighted by atomic mass is 10.1. The molecule has 0 fully saturated rings. The summed E-state index contributed by atoms with van der Waals surface area (Å²) in [7, 11) is 0. The maximum atomic E-state index is 12.7. The molecule has 0 aliphatic rings. The smallest absolute Gasteiger partial charge is 0.306 e. The van der Waals surface area contributed by atoms with E-state index < -0.39 is 6.10 Å². The summed E-state index contributed by atoms with van der Waals surface area (Å²) in [5.74, 6) is -0.400. The van der Waals surface area contributed by atoms with Crippen LogP contribution in [0.5, 0.6) is 0 Å². The van der Waals surface area contributed by atoms with Crippen LogP contribution in [0.2, 0.25) is 0 Å². The van der Waals surface area contributed by atoms with Crippen LogP contribution >= 0.6 is 0 Å². The van der Waals surface area contributed by atoms with E-state index in [2.05, 4.69) is 57.2 Å². The molecule has 340 valence electrons. The molecule has 0 aromatic rings. The van der Waals surface area contributed by atoms with Crippen molar-refractivity contribution in [2.75, 3.05) is 19.8 Å². The number of allylic oxidation sites excluding steroid dienone is 6. The minimum Gasteiger partial charge on any atom is -0.462 e. The first kappa shape index (κ1) is 56.1. The largest absolute Gasteiger partial charge is 0.462 e. The average molecular weight is 815 g/mol. The molecule has 0 aliphatic heterocycles. The van der Waals surface area contributed by atoms with Crippen molar-refractivity contribution in [3.05, 3.63) is 36.5 Å². The summed E-state index contributed by atoms with van der Waals surface area (Å²) < 4.78 is 17.4. The van der Waals surface area contributed by atoms with Gasteiger partial charge in [0.05, 0.1) is 6.61 Å². The molecule has 0 aromatic carbocycles. The Bertz CT molecular complexity index is 924. The molecule has 0 saturated carbocycles. The Balaban J connectivity index is 4.22. The van der Waals surface area contributed by atoms with Crippen molar-refractivity contribution in [3.8, 4) is 0 Å². The summed E-state index contributed by atoms with van der Waals surface area (Å²) in [5, 5.41) is 0. The van der Waals surface area contributed by atoms with E-state index in [1.165, 1.54) is 173 Å². The van der Waals surface area contributed by atoms with Crippen molar-refractivity contribution in [1.29, 1.82) is 0 Å². The molecule has 0 aromatic heterocycles. The zero-order valence-electron chi connectivity index (χ0n) is 39.1. The number of esters is 2. The van der Waals surface area contributed by atoms with Crippen molar-refractivity contribution in [2.45, 2.75) is 271 Å². The van der Waals surface area contributed by atoms with E-state index in [1.54, 1.807) is 0 Å². The highest BCUT2D eigenvalue weighted by atomic mass is 16.6. The zero-order chi connectivity index (χ0) is 42.1. The number of rotatable bonds is 47. The van der Waals surface area contributed by atoms with Gasteiger partial charge in [0, 0.05) is 19.4 Å². The van der Waals surface area contributed by atoms with Crippen molar-refractivity contribution >= 4 is 11.9 Å². The first-order valence-electron chi connectivity index (χ1n) is 25.5. The van der Waals surface area contributed by atoms with Crippen LogP contribution in [0.25, 0.3) is 0 Å². The normalized spacial score (nSPS) is 12.4. The predicted molar refractivity (Wildman–Crippen MR) is 252 cm³/mol. The lowest BCUT2D eigenvalue weighted by molar-refractivity contribution is -0.163. The van der Waals surface area contributed by atoms with Crippen LogP contribution in [-0.2, 0) is 23.8 Å². The first-order chi connectivity index (χ1) is 28.6. The van der Waals surface area contributed by atoms with E-state index in [9.17, 15) is 9.59 Å². The molecular weight excluding hydrogens is 717 g/mol. The molecule has 0 saturated heterocycles. The summed E-state index contributed by atoms with van der Waals surface area (Å²) >= 11 is 0. The number of carbonyl (C=O) groups is 2. The van der Waals surface area contributed by atoms with Gasteiger partial charge in [-0.2, -0.15) is 0 Å². The number of hydrogen-bond donors (Lipinski definition) is 0. The van der Waals surface area contributed by atoms with E-state index in [1.807, 2.05) is 0 Å². The lowest BCUT2D eigenvalue weighted by Gasteiger charge is -2.18. The van der Waals surface area contributed by atoms with Gasteiger partial charge in [-0.1, -0.05) is 211 Å². The van der Waals surface area contributed by atoms with Crippen LogP contribution < -0.4 is 0 Å². The van der Waals surface area contributed by atoms with Gasteiger partial charge < -0.3 is 14.2 Å². The summed E-state index contributed by atoms with van der Waals surface area (Å²) in [5.41, 5.74) is 0. The molecule has 0 bridgehead atoms. The van der Waals surface area contributed by atoms with E-state index >= 15 is 0 Å². The Morgan fingerprint density at radius 3 is 1.21 bits per heavy atom. The van der Waals surface area contributed by atoms with Gasteiger partial charge in [0.1, 0.15) is 6.61 Å². The molecule has 0 rings (SSSR count). The van der Waals surface area contributed by atoms with Crippen LogP contribution in [0.4, 0.5) is 0 Å². The van der Waals surface area contributed by atoms with Crippen LogP contribution in [0.1, 0.15) is 265 Å². The fourth-order valence-electron chi connectivity index (χ4n) is 7.30. The summed E-state index contributed by atoms with van der Waals surface area (Å²) in [6.45, 7) is 7.79. The van der Waals surface area contributed by atoms with Gasteiger partial charge in [-0.05, 0) is 77.0 Å². The minimum atomic E-state index is -0.536. The standard InChI is InChI=1S/C53H98O5/c1-4-7-10-13-16-19-22-24-25-26-27-28-30-33-36-39-42-45-48-56-49-51(58-53(55)47-44-41-38-35-31-21-18-15-12-9-6-3)50-57-52(54)46-43-40-37-34-32-29-23-20-17-14-11-8-5-2/h16,19-20,23-25,51H,4-15,17-18,21-22,26-50H2,1-3H3/b19-16-,23-20-,25-24-. The minimum absolute atomic E-state index is 0.0829. The van der Waals surface area contributed by atoms with E-state index in [0.29, 0.717) is 19.4 Å². The summed E-state index contributed by atoms with van der Waals surface area (Å²) in [6, 6.07) is 0. The van der Waals surface area contributed by atoms with Gasteiger partial charge in [-0.3, -0.25) is 9.59 Å². The number of hydrogen-bond acceptors (Lipinski definition) is 5. The average Bonchev–Trinajstić information content (AvgIpc) is 3.22. The van der Waals surface area contributed by atoms with Crippen molar-refractivity contribution in [1.82, 2.24) is 0 Å². The van der Waals surface area contributed by atoms with E-state index in [4.69, 9.17) is 14.2 Å². The molecule has 5 nitrogen and oxygen atoms in total. The third kappa shape index (κ3) is 46.8. The highest BCUT2D eigenvalue weighted by Gasteiger charge is 2.17. The van der Waals surface area contributed by atoms with Gasteiger partial charge in [0.25, 0.3) is 0 Å². The maximum absolute atomic E-state index is 12.7. The molecule has 0 N–H and O–H groups in total. The maximum Gasteiger partial charge on any atom is 0.306 e. The van der Waals surface area contributed by atoms with Gasteiger partial charge in [-0.15, -0.1) is 0 Å². The van der Waals surface area contributed by atoms with Crippen molar-refractivity contribution in [3.63, 3.8) is 0 Å².